The molecule has 8 nitrogen and oxygen atoms in total. The molecule has 0 radical (unpaired) electrons. The topological polar surface area (TPSA) is 109 Å². The highest BCUT2D eigenvalue weighted by Gasteiger charge is 2.28. The predicted molar refractivity (Wildman–Crippen MR) is 99.8 cm³/mol. The summed E-state index contributed by atoms with van der Waals surface area (Å²) in [6, 6.07) is 16.9. The molecule has 4 rings (SSSR count). The number of amides is 1. The van der Waals surface area contributed by atoms with Crippen LogP contribution in [0.1, 0.15) is 24.4 Å². The van der Waals surface area contributed by atoms with E-state index in [-0.39, 0.29) is 12.5 Å². The minimum Gasteiger partial charge on any atom is -0.376 e. The molecular formula is C19H17N7O. The van der Waals surface area contributed by atoms with Crippen LogP contribution in [0.3, 0.4) is 0 Å². The number of anilines is 2. The maximum atomic E-state index is 12.2. The Balaban J connectivity index is 1.40. The van der Waals surface area contributed by atoms with Crippen molar-refractivity contribution in [1.29, 1.82) is 5.26 Å². The fraction of sp³-hybridized carbons (Fsp3) is 0.211. The third kappa shape index (κ3) is 3.93. The SMILES string of the molecule is N#Cc1cccc(NC(=O)CNc2cccc(-c3nnnn3C3CC3)c2)c1. The highest BCUT2D eigenvalue weighted by molar-refractivity contribution is 5.94. The van der Waals surface area contributed by atoms with Gasteiger partial charge in [-0.25, -0.2) is 4.68 Å². The van der Waals surface area contributed by atoms with Crippen LogP contribution in [0.5, 0.6) is 0 Å². The Labute approximate surface area is 155 Å². The van der Waals surface area contributed by atoms with Crippen molar-refractivity contribution in [2.24, 2.45) is 0 Å². The second kappa shape index (κ2) is 7.25. The van der Waals surface area contributed by atoms with Crippen LogP contribution in [0.25, 0.3) is 11.4 Å². The lowest BCUT2D eigenvalue weighted by Crippen LogP contribution is -2.21. The molecule has 8 heteroatoms. The third-order valence-electron chi connectivity index (χ3n) is 4.23. The van der Waals surface area contributed by atoms with E-state index in [1.54, 1.807) is 24.3 Å². The minimum atomic E-state index is -0.196. The first-order valence-electron chi connectivity index (χ1n) is 8.65. The Morgan fingerprint density at radius 1 is 1.19 bits per heavy atom. The predicted octanol–water partition coefficient (Wildman–Crippen LogP) is 2.60. The minimum absolute atomic E-state index is 0.105. The van der Waals surface area contributed by atoms with Crippen LogP contribution < -0.4 is 10.6 Å². The molecule has 2 N–H and O–H groups in total. The van der Waals surface area contributed by atoms with Gasteiger partial charge in [0.05, 0.1) is 24.2 Å². The van der Waals surface area contributed by atoms with Gasteiger partial charge in [-0.1, -0.05) is 18.2 Å². The van der Waals surface area contributed by atoms with Gasteiger partial charge in [0.25, 0.3) is 0 Å². The van der Waals surface area contributed by atoms with Gasteiger partial charge in [-0.3, -0.25) is 4.79 Å². The highest BCUT2D eigenvalue weighted by Crippen LogP contribution is 2.36. The molecule has 1 aliphatic rings. The van der Waals surface area contributed by atoms with Crippen molar-refractivity contribution >= 4 is 17.3 Å². The molecule has 1 fully saturated rings. The molecule has 0 bridgehead atoms. The summed E-state index contributed by atoms with van der Waals surface area (Å²) in [7, 11) is 0. The first kappa shape index (κ1) is 16.7. The second-order valence-electron chi connectivity index (χ2n) is 6.35. The monoisotopic (exact) mass is 359 g/mol. The van der Waals surface area contributed by atoms with E-state index in [0.717, 1.165) is 29.9 Å². The first-order valence-corrected chi connectivity index (χ1v) is 8.65. The van der Waals surface area contributed by atoms with Gasteiger partial charge in [-0.2, -0.15) is 5.26 Å². The molecule has 0 saturated heterocycles. The van der Waals surface area contributed by atoms with Crippen molar-refractivity contribution in [3.63, 3.8) is 0 Å². The number of nitrogens with one attached hydrogen (secondary N) is 2. The van der Waals surface area contributed by atoms with Crippen LogP contribution in [0.2, 0.25) is 0 Å². The Kier molecular flexibility index (Phi) is 4.49. The van der Waals surface area contributed by atoms with E-state index < -0.39 is 0 Å². The zero-order valence-corrected chi connectivity index (χ0v) is 14.5. The summed E-state index contributed by atoms with van der Waals surface area (Å²) in [5.74, 6) is 0.539. The Bertz CT molecular complexity index is 1020. The van der Waals surface area contributed by atoms with Gasteiger partial charge in [0.2, 0.25) is 5.91 Å². The number of benzene rings is 2. The Hall–Kier alpha value is -3.73. The van der Waals surface area contributed by atoms with Crippen LogP contribution in [-0.4, -0.2) is 32.7 Å². The smallest absolute Gasteiger partial charge is 0.243 e. The lowest BCUT2D eigenvalue weighted by Gasteiger charge is -2.09. The summed E-state index contributed by atoms with van der Waals surface area (Å²) in [5.41, 5.74) is 2.80. The second-order valence-corrected chi connectivity index (χ2v) is 6.35. The summed E-state index contributed by atoms with van der Waals surface area (Å²) in [5, 5.41) is 26.8. The Morgan fingerprint density at radius 2 is 2.00 bits per heavy atom. The van der Waals surface area contributed by atoms with Gasteiger partial charge in [0.15, 0.2) is 5.82 Å². The molecule has 3 aromatic rings. The van der Waals surface area contributed by atoms with Crippen molar-refractivity contribution in [1.82, 2.24) is 20.2 Å². The fourth-order valence-electron chi connectivity index (χ4n) is 2.77. The van der Waals surface area contributed by atoms with E-state index in [1.165, 1.54) is 0 Å². The lowest BCUT2D eigenvalue weighted by molar-refractivity contribution is -0.114. The molecule has 0 atom stereocenters. The number of carbonyl (C=O) groups excluding carboxylic acids is 1. The third-order valence-corrected chi connectivity index (χ3v) is 4.23. The first-order chi connectivity index (χ1) is 13.2. The molecule has 2 aromatic carbocycles. The largest absolute Gasteiger partial charge is 0.376 e. The number of hydrogen-bond acceptors (Lipinski definition) is 6. The van der Waals surface area contributed by atoms with E-state index in [2.05, 4.69) is 26.2 Å². The maximum absolute atomic E-state index is 12.2. The zero-order chi connectivity index (χ0) is 18.6. The molecule has 1 aromatic heterocycles. The van der Waals surface area contributed by atoms with E-state index in [1.807, 2.05) is 35.0 Å². The molecule has 1 aliphatic carbocycles. The van der Waals surface area contributed by atoms with Crippen LogP contribution in [0, 0.1) is 11.3 Å². The van der Waals surface area contributed by atoms with E-state index in [4.69, 9.17) is 5.26 Å². The highest BCUT2D eigenvalue weighted by atomic mass is 16.1. The van der Waals surface area contributed by atoms with Crippen LogP contribution in [0.15, 0.2) is 48.5 Å². The normalized spacial score (nSPS) is 13.0. The summed E-state index contributed by atoms with van der Waals surface area (Å²) in [6.07, 6.45) is 2.20. The van der Waals surface area contributed by atoms with E-state index in [0.29, 0.717) is 17.3 Å². The molecule has 0 unspecified atom stereocenters. The Morgan fingerprint density at radius 3 is 2.81 bits per heavy atom. The standard InChI is InChI=1S/C19H17N7O/c20-11-13-3-1-6-16(9-13)22-18(27)12-21-15-5-2-4-14(10-15)19-23-24-25-26(19)17-7-8-17/h1-6,9-10,17,21H,7-8,12H2,(H,22,27). The number of tetrazole rings is 1. The summed E-state index contributed by atoms with van der Waals surface area (Å²) < 4.78 is 1.86. The molecule has 0 spiro atoms. The summed E-state index contributed by atoms with van der Waals surface area (Å²) in [6.45, 7) is 0.105. The number of nitriles is 1. The van der Waals surface area contributed by atoms with Gasteiger partial charge >= 0.3 is 0 Å². The average Bonchev–Trinajstić information content (AvgIpc) is 3.43. The van der Waals surface area contributed by atoms with Crippen molar-refractivity contribution < 1.29 is 4.79 Å². The lowest BCUT2D eigenvalue weighted by atomic mass is 10.2. The molecular weight excluding hydrogens is 342 g/mol. The van der Waals surface area contributed by atoms with E-state index in [9.17, 15) is 4.79 Å². The quantitative estimate of drug-likeness (QED) is 0.700. The van der Waals surface area contributed by atoms with Gasteiger partial charge in [-0.05, 0) is 53.6 Å². The molecule has 1 heterocycles. The van der Waals surface area contributed by atoms with Gasteiger partial charge < -0.3 is 10.6 Å². The fourth-order valence-corrected chi connectivity index (χ4v) is 2.77. The number of aromatic nitrogens is 4. The van der Waals surface area contributed by atoms with E-state index >= 15 is 0 Å². The average molecular weight is 359 g/mol. The van der Waals surface area contributed by atoms with Gasteiger partial charge in [0.1, 0.15) is 0 Å². The van der Waals surface area contributed by atoms with Crippen molar-refractivity contribution in [3.05, 3.63) is 54.1 Å². The molecule has 27 heavy (non-hydrogen) atoms. The van der Waals surface area contributed by atoms with Crippen LogP contribution in [-0.2, 0) is 4.79 Å². The molecule has 1 saturated carbocycles. The number of nitrogens with zero attached hydrogens (tertiary/aromatic N) is 5. The van der Waals surface area contributed by atoms with Crippen LogP contribution >= 0.6 is 0 Å². The zero-order valence-electron chi connectivity index (χ0n) is 14.5. The number of carbonyl (C=O) groups is 1. The van der Waals surface area contributed by atoms with Gasteiger partial charge in [-0.15, -0.1) is 5.10 Å². The van der Waals surface area contributed by atoms with Crippen molar-refractivity contribution in [3.8, 4) is 17.5 Å². The van der Waals surface area contributed by atoms with Gasteiger partial charge in [0, 0.05) is 16.9 Å². The molecule has 1 amide bonds. The molecule has 134 valence electrons. The summed E-state index contributed by atoms with van der Waals surface area (Å²) >= 11 is 0. The maximum Gasteiger partial charge on any atom is 0.243 e. The molecule has 0 aliphatic heterocycles. The number of rotatable bonds is 6. The summed E-state index contributed by atoms with van der Waals surface area (Å²) in [4.78, 5) is 12.2. The van der Waals surface area contributed by atoms with Crippen molar-refractivity contribution in [2.75, 3.05) is 17.2 Å². The van der Waals surface area contributed by atoms with Crippen molar-refractivity contribution in [2.45, 2.75) is 18.9 Å². The number of hydrogen-bond donors (Lipinski definition) is 2. The van der Waals surface area contributed by atoms with Crippen LogP contribution in [0.4, 0.5) is 11.4 Å².